The summed E-state index contributed by atoms with van der Waals surface area (Å²) in [6.45, 7) is 0. The Hall–Kier alpha value is -3.17. The number of aromatic nitrogens is 2. The number of halogens is 1. The number of carbonyl (C=O) groups is 1. The molecule has 0 saturated carbocycles. The number of benzene rings is 2. The van der Waals surface area contributed by atoms with Crippen LogP contribution < -0.4 is 14.2 Å². The lowest BCUT2D eigenvalue weighted by atomic mass is 10.1. The Labute approximate surface area is 181 Å². The van der Waals surface area contributed by atoms with E-state index in [2.05, 4.69) is 10.2 Å². The lowest BCUT2D eigenvalue weighted by molar-refractivity contribution is -0.131. The van der Waals surface area contributed by atoms with Crippen LogP contribution in [0.5, 0.6) is 17.2 Å². The van der Waals surface area contributed by atoms with Gasteiger partial charge in [0.05, 0.1) is 21.3 Å². The van der Waals surface area contributed by atoms with Gasteiger partial charge < -0.3 is 23.7 Å². The van der Waals surface area contributed by atoms with Gasteiger partial charge in [0.15, 0.2) is 11.5 Å². The average molecular weight is 449 g/mol. The maximum atomic E-state index is 11.8. The predicted octanol–water partition coefficient (Wildman–Crippen LogP) is 4.63. The third kappa shape index (κ3) is 4.69. The van der Waals surface area contributed by atoms with Crippen molar-refractivity contribution in [2.24, 2.45) is 0 Å². The van der Waals surface area contributed by atoms with Crippen LogP contribution in [0.3, 0.4) is 0 Å². The van der Waals surface area contributed by atoms with E-state index in [0.29, 0.717) is 33.4 Å². The number of carboxylic acid groups (broad SMARTS) is 1. The summed E-state index contributed by atoms with van der Waals surface area (Å²) in [5.74, 6) is 0.237. The van der Waals surface area contributed by atoms with Crippen LogP contribution in [0.4, 0.5) is 0 Å². The molecular formula is C20H17ClN2O6S. The van der Waals surface area contributed by atoms with E-state index in [9.17, 15) is 9.90 Å². The highest BCUT2D eigenvalue weighted by Gasteiger charge is 2.19. The fraction of sp³-hybridized carbons (Fsp3) is 0.150. The minimum absolute atomic E-state index is 0.0492. The SMILES string of the molecule is COc1ccc(/C=C(\Sc2nnc(-c3ccc(Cl)cc3)o2)C(=O)O)c(OC)c1OC. The second-order valence-corrected chi connectivity index (χ2v) is 7.15. The number of aliphatic carboxylic acids is 1. The first-order valence-electron chi connectivity index (χ1n) is 8.48. The molecule has 2 aromatic carbocycles. The molecule has 0 aliphatic rings. The first kappa shape index (κ1) is 21.5. The molecule has 8 nitrogen and oxygen atoms in total. The van der Waals surface area contributed by atoms with E-state index in [1.807, 2.05) is 0 Å². The molecule has 10 heteroatoms. The van der Waals surface area contributed by atoms with Gasteiger partial charge in [0, 0.05) is 16.1 Å². The number of rotatable bonds is 8. The van der Waals surface area contributed by atoms with Gasteiger partial charge in [-0.1, -0.05) is 11.6 Å². The van der Waals surface area contributed by atoms with Crippen LogP contribution in [0.25, 0.3) is 17.5 Å². The summed E-state index contributed by atoms with van der Waals surface area (Å²) in [5.41, 5.74) is 1.15. The van der Waals surface area contributed by atoms with E-state index in [1.165, 1.54) is 27.4 Å². The number of carboxylic acids is 1. The molecule has 3 rings (SSSR count). The monoisotopic (exact) mass is 448 g/mol. The van der Waals surface area contributed by atoms with Crippen LogP contribution in [0.1, 0.15) is 5.56 Å². The third-order valence-electron chi connectivity index (χ3n) is 3.93. The lowest BCUT2D eigenvalue weighted by Crippen LogP contribution is -1.99. The van der Waals surface area contributed by atoms with Gasteiger partial charge >= 0.3 is 5.97 Å². The van der Waals surface area contributed by atoms with E-state index < -0.39 is 5.97 Å². The molecule has 30 heavy (non-hydrogen) atoms. The number of methoxy groups -OCH3 is 3. The van der Waals surface area contributed by atoms with Gasteiger partial charge in [0.2, 0.25) is 11.6 Å². The number of nitrogens with zero attached hydrogens (tertiary/aromatic N) is 2. The summed E-state index contributed by atoms with van der Waals surface area (Å²) in [4.78, 5) is 11.8. The molecule has 0 radical (unpaired) electrons. The molecule has 0 aliphatic heterocycles. The second kappa shape index (κ2) is 9.55. The minimum atomic E-state index is -1.16. The number of thioether (sulfide) groups is 1. The van der Waals surface area contributed by atoms with Crippen molar-refractivity contribution in [3.63, 3.8) is 0 Å². The Morgan fingerprint density at radius 1 is 1.03 bits per heavy atom. The molecule has 0 fully saturated rings. The van der Waals surface area contributed by atoms with Crippen molar-refractivity contribution in [3.8, 4) is 28.7 Å². The van der Waals surface area contributed by atoms with Crippen LogP contribution >= 0.6 is 23.4 Å². The molecule has 0 spiro atoms. The summed E-state index contributed by atoms with van der Waals surface area (Å²) in [5, 5.41) is 18.2. The Balaban J connectivity index is 1.93. The van der Waals surface area contributed by atoms with Crippen molar-refractivity contribution in [3.05, 3.63) is 51.9 Å². The molecule has 1 heterocycles. The fourth-order valence-electron chi connectivity index (χ4n) is 2.57. The summed E-state index contributed by atoms with van der Waals surface area (Å²) in [7, 11) is 4.43. The zero-order valence-electron chi connectivity index (χ0n) is 16.2. The quantitative estimate of drug-likeness (QED) is 0.390. The van der Waals surface area contributed by atoms with Crippen molar-refractivity contribution in [2.75, 3.05) is 21.3 Å². The maximum absolute atomic E-state index is 11.8. The maximum Gasteiger partial charge on any atom is 0.342 e. The summed E-state index contributed by atoms with van der Waals surface area (Å²) in [6.07, 6.45) is 1.43. The number of hydrogen-bond acceptors (Lipinski definition) is 8. The highest BCUT2D eigenvalue weighted by atomic mass is 35.5. The van der Waals surface area contributed by atoms with Gasteiger partial charge in [0.1, 0.15) is 4.91 Å². The molecule has 0 saturated heterocycles. The third-order valence-corrected chi connectivity index (χ3v) is 5.03. The van der Waals surface area contributed by atoms with Crippen molar-refractivity contribution < 1.29 is 28.5 Å². The molecule has 3 aromatic rings. The Morgan fingerprint density at radius 3 is 2.33 bits per heavy atom. The predicted molar refractivity (Wildman–Crippen MR) is 112 cm³/mol. The summed E-state index contributed by atoms with van der Waals surface area (Å²) < 4.78 is 21.6. The Kier molecular flexibility index (Phi) is 6.86. The van der Waals surface area contributed by atoms with Gasteiger partial charge in [-0.15, -0.1) is 10.2 Å². The Morgan fingerprint density at radius 2 is 1.73 bits per heavy atom. The van der Waals surface area contributed by atoms with Crippen molar-refractivity contribution in [1.29, 1.82) is 0 Å². The van der Waals surface area contributed by atoms with Gasteiger partial charge in [-0.2, -0.15) is 0 Å². The van der Waals surface area contributed by atoms with Gasteiger partial charge in [-0.25, -0.2) is 4.79 Å². The first-order valence-corrected chi connectivity index (χ1v) is 9.67. The lowest BCUT2D eigenvalue weighted by Gasteiger charge is -2.14. The molecule has 0 atom stereocenters. The van der Waals surface area contributed by atoms with E-state index >= 15 is 0 Å². The topological polar surface area (TPSA) is 104 Å². The molecular weight excluding hydrogens is 432 g/mol. The van der Waals surface area contributed by atoms with Crippen molar-refractivity contribution in [2.45, 2.75) is 5.22 Å². The standard InChI is InChI=1S/C20H17ClN2O6S/c1-26-14-9-6-12(16(27-2)17(14)28-3)10-15(19(24)25)30-20-23-22-18(29-20)11-4-7-13(21)8-5-11/h4-10H,1-3H3,(H,24,25)/b15-10-. The van der Waals surface area contributed by atoms with Gasteiger partial charge in [0.25, 0.3) is 5.22 Å². The molecule has 1 N–H and O–H groups in total. The highest BCUT2D eigenvalue weighted by Crippen LogP contribution is 2.41. The van der Waals surface area contributed by atoms with Gasteiger partial charge in [-0.05, 0) is 54.2 Å². The van der Waals surface area contributed by atoms with Crippen LogP contribution in [0.2, 0.25) is 5.02 Å². The minimum Gasteiger partial charge on any atom is -0.493 e. The van der Waals surface area contributed by atoms with Crippen LogP contribution in [-0.2, 0) is 4.79 Å². The molecule has 156 valence electrons. The van der Waals surface area contributed by atoms with Crippen LogP contribution in [-0.4, -0.2) is 42.6 Å². The number of ether oxygens (including phenoxy) is 3. The first-order chi connectivity index (χ1) is 14.5. The molecule has 0 amide bonds. The largest absolute Gasteiger partial charge is 0.493 e. The smallest absolute Gasteiger partial charge is 0.342 e. The summed E-state index contributed by atoms with van der Waals surface area (Å²) in [6, 6.07) is 10.2. The molecule has 0 aliphatic carbocycles. The van der Waals surface area contributed by atoms with Crippen LogP contribution in [0.15, 0.2) is 50.9 Å². The fourth-order valence-corrected chi connectivity index (χ4v) is 3.36. The average Bonchev–Trinajstić information content (AvgIpc) is 3.21. The molecule has 1 aromatic heterocycles. The van der Waals surface area contributed by atoms with E-state index in [4.69, 9.17) is 30.2 Å². The highest BCUT2D eigenvalue weighted by molar-refractivity contribution is 8.03. The second-order valence-electron chi connectivity index (χ2n) is 5.72. The molecule has 0 bridgehead atoms. The Bertz CT molecular complexity index is 1080. The number of hydrogen-bond donors (Lipinski definition) is 1. The zero-order chi connectivity index (χ0) is 21.7. The molecule has 0 unspecified atom stereocenters. The normalized spacial score (nSPS) is 11.3. The van der Waals surface area contributed by atoms with Gasteiger partial charge in [-0.3, -0.25) is 0 Å². The zero-order valence-corrected chi connectivity index (χ0v) is 17.8. The van der Waals surface area contributed by atoms with E-state index in [0.717, 1.165) is 11.8 Å². The van der Waals surface area contributed by atoms with E-state index in [-0.39, 0.29) is 16.0 Å². The van der Waals surface area contributed by atoms with Crippen LogP contribution in [0, 0.1) is 0 Å². The van der Waals surface area contributed by atoms with E-state index in [1.54, 1.807) is 36.4 Å². The van der Waals surface area contributed by atoms with Crippen molar-refractivity contribution in [1.82, 2.24) is 10.2 Å². The van der Waals surface area contributed by atoms with Crippen molar-refractivity contribution >= 4 is 35.4 Å². The summed E-state index contributed by atoms with van der Waals surface area (Å²) >= 11 is 6.70.